The molecule has 5 heterocycles. The zero-order chi connectivity index (χ0) is 21.2. The Morgan fingerprint density at radius 2 is 1.90 bits per heavy atom. The van der Waals surface area contributed by atoms with Gasteiger partial charge in [0, 0.05) is 61.3 Å². The van der Waals surface area contributed by atoms with E-state index in [-0.39, 0.29) is 5.91 Å². The van der Waals surface area contributed by atoms with Gasteiger partial charge in [-0.3, -0.25) is 14.8 Å². The normalized spacial score (nSPS) is 14.7. The zero-order valence-corrected chi connectivity index (χ0v) is 17.8. The van der Waals surface area contributed by atoms with E-state index >= 15 is 0 Å². The number of hydrogen-bond acceptors (Lipinski definition) is 8. The molecule has 1 amide bonds. The largest absolute Gasteiger partial charge is 0.354 e. The molecule has 0 saturated carbocycles. The molecule has 1 N–H and O–H groups in total. The lowest BCUT2D eigenvalue weighted by Gasteiger charge is -2.33. The van der Waals surface area contributed by atoms with Crippen molar-refractivity contribution in [3.8, 4) is 10.4 Å². The minimum Gasteiger partial charge on any atom is -0.354 e. The third-order valence-corrected chi connectivity index (χ3v) is 6.18. The van der Waals surface area contributed by atoms with Crippen molar-refractivity contribution in [1.29, 1.82) is 0 Å². The summed E-state index contributed by atoms with van der Waals surface area (Å²) in [7, 11) is 2.11. The minimum atomic E-state index is -0.212. The van der Waals surface area contributed by atoms with Crippen molar-refractivity contribution in [2.75, 3.05) is 43.4 Å². The highest BCUT2D eigenvalue weighted by atomic mass is 32.1. The predicted octanol–water partition coefficient (Wildman–Crippen LogP) is 3.15. The molecule has 1 aliphatic heterocycles. The molecule has 4 aromatic rings. The molecule has 9 heteroatoms. The van der Waals surface area contributed by atoms with Gasteiger partial charge in [0.1, 0.15) is 11.6 Å². The molecule has 156 valence electrons. The number of thiazole rings is 1. The van der Waals surface area contributed by atoms with Crippen molar-refractivity contribution in [2.24, 2.45) is 0 Å². The van der Waals surface area contributed by atoms with E-state index in [0.717, 1.165) is 53.3 Å². The summed E-state index contributed by atoms with van der Waals surface area (Å²) < 4.78 is 0. The average Bonchev–Trinajstić information content (AvgIpc) is 3.34. The van der Waals surface area contributed by atoms with Gasteiger partial charge in [-0.15, -0.1) is 11.3 Å². The van der Waals surface area contributed by atoms with Crippen LogP contribution in [-0.4, -0.2) is 64.0 Å². The maximum absolute atomic E-state index is 12.9. The fourth-order valence-electron chi connectivity index (χ4n) is 3.55. The summed E-state index contributed by atoms with van der Waals surface area (Å²) in [5, 5.41) is 3.81. The van der Waals surface area contributed by atoms with Gasteiger partial charge in [-0.25, -0.2) is 9.97 Å². The first kappa shape index (κ1) is 19.5. The summed E-state index contributed by atoms with van der Waals surface area (Å²) in [6, 6.07) is 7.43. The van der Waals surface area contributed by atoms with Crippen LogP contribution in [-0.2, 0) is 0 Å². The molecule has 0 radical (unpaired) electrons. The molecular weight excluding hydrogens is 410 g/mol. The van der Waals surface area contributed by atoms with Gasteiger partial charge in [-0.2, -0.15) is 0 Å². The highest BCUT2D eigenvalue weighted by Gasteiger charge is 2.17. The summed E-state index contributed by atoms with van der Waals surface area (Å²) >= 11 is 1.56. The number of piperazine rings is 1. The Kier molecular flexibility index (Phi) is 5.27. The minimum absolute atomic E-state index is 0.212. The van der Waals surface area contributed by atoms with Gasteiger partial charge in [-0.05, 0) is 31.3 Å². The van der Waals surface area contributed by atoms with Crippen LogP contribution in [0, 0.1) is 0 Å². The standard InChI is InChI=1S/C22H21N7OS/c1-28-4-6-29(7-5-28)21-10-15(2-3-24-21)22(30)27-20-9-16-8-17(19-13-23-14-31-19)11-25-18(16)12-26-20/h2-3,8-14H,4-7H2,1H3,(H,26,27,30). The summed E-state index contributed by atoms with van der Waals surface area (Å²) in [5.41, 5.74) is 4.11. The van der Waals surface area contributed by atoms with Crippen molar-refractivity contribution in [3.63, 3.8) is 0 Å². The molecule has 31 heavy (non-hydrogen) atoms. The Bertz CT molecular complexity index is 1220. The van der Waals surface area contributed by atoms with Crippen molar-refractivity contribution >= 4 is 39.8 Å². The topological polar surface area (TPSA) is 87.1 Å². The number of nitrogens with zero attached hydrogens (tertiary/aromatic N) is 6. The van der Waals surface area contributed by atoms with E-state index in [1.165, 1.54) is 0 Å². The summed E-state index contributed by atoms with van der Waals surface area (Å²) in [6.07, 6.45) is 6.98. The number of hydrogen-bond donors (Lipinski definition) is 1. The van der Waals surface area contributed by atoms with Crippen LogP contribution in [0.25, 0.3) is 21.3 Å². The third-order valence-electron chi connectivity index (χ3n) is 5.36. The number of fused-ring (bicyclic) bond motifs is 1. The molecule has 0 aromatic carbocycles. The van der Waals surface area contributed by atoms with Gasteiger partial charge in [0.15, 0.2) is 0 Å². The Balaban J connectivity index is 1.35. The van der Waals surface area contributed by atoms with Crippen LogP contribution < -0.4 is 10.2 Å². The van der Waals surface area contributed by atoms with Gasteiger partial charge in [0.05, 0.1) is 22.1 Å². The molecule has 8 nitrogen and oxygen atoms in total. The SMILES string of the molecule is CN1CCN(c2cc(C(=O)Nc3cc4cc(-c5cncs5)cnc4cn3)ccn2)CC1. The number of likely N-dealkylation sites (N-methyl/N-ethyl adjacent to an activating group) is 1. The number of carbonyl (C=O) groups is 1. The first-order valence-electron chi connectivity index (χ1n) is 10.0. The van der Waals surface area contributed by atoms with Crippen molar-refractivity contribution in [2.45, 2.75) is 0 Å². The monoisotopic (exact) mass is 431 g/mol. The van der Waals surface area contributed by atoms with Gasteiger partial charge >= 0.3 is 0 Å². The second-order valence-electron chi connectivity index (χ2n) is 7.50. The number of nitrogens with one attached hydrogen (secondary N) is 1. The zero-order valence-electron chi connectivity index (χ0n) is 17.0. The van der Waals surface area contributed by atoms with Crippen molar-refractivity contribution in [1.82, 2.24) is 24.8 Å². The van der Waals surface area contributed by atoms with Crippen LogP contribution in [0.5, 0.6) is 0 Å². The molecule has 0 atom stereocenters. The average molecular weight is 432 g/mol. The number of amides is 1. The van der Waals surface area contributed by atoms with E-state index < -0.39 is 0 Å². The van der Waals surface area contributed by atoms with Crippen LogP contribution in [0.2, 0.25) is 0 Å². The van der Waals surface area contributed by atoms with E-state index in [1.54, 1.807) is 35.3 Å². The Labute approximate surface area is 183 Å². The van der Waals surface area contributed by atoms with Gasteiger partial charge < -0.3 is 15.1 Å². The Morgan fingerprint density at radius 3 is 2.71 bits per heavy atom. The van der Waals surface area contributed by atoms with Crippen LogP contribution >= 0.6 is 11.3 Å². The fourth-order valence-corrected chi connectivity index (χ4v) is 4.15. The summed E-state index contributed by atoms with van der Waals surface area (Å²) in [6.45, 7) is 3.76. The maximum atomic E-state index is 12.9. The van der Waals surface area contributed by atoms with Crippen LogP contribution in [0.15, 0.2) is 54.6 Å². The van der Waals surface area contributed by atoms with E-state index in [9.17, 15) is 4.79 Å². The van der Waals surface area contributed by atoms with Gasteiger partial charge in [-0.1, -0.05) is 0 Å². The summed E-state index contributed by atoms with van der Waals surface area (Å²) in [5.74, 6) is 1.10. The van der Waals surface area contributed by atoms with E-state index in [1.807, 2.05) is 30.6 Å². The van der Waals surface area contributed by atoms with Crippen molar-refractivity contribution in [3.05, 3.63) is 60.1 Å². The molecule has 0 aliphatic carbocycles. The van der Waals surface area contributed by atoms with Crippen LogP contribution in [0.1, 0.15) is 10.4 Å². The first-order chi connectivity index (χ1) is 15.2. The van der Waals surface area contributed by atoms with E-state index in [2.05, 4.69) is 42.1 Å². The number of rotatable bonds is 4. The second-order valence-corrected chi connectivity index (χ2v) is 8.39. The highest BCUT2D eigenvalue weighted by molar-refractivity contribution is 7.13. The van der Waals surface area contributed by atoms with Crippen LogP contribution in [0.3, 0.4) is 0 Å². The third kappa shape index (κ3) is 4.23. The second kappa shape index (κ2) is 8.37. The smallest absolute Gasteiger partial charge is 0.257 e. The number of carbonyl (C=O) groups excluding carboxylic acids is 1. The van der Waals surface area contributed by atoms with Crippen molar-refractivity contribution < 1.29 is 4.79 Å². The molecule has 1 saturated heterocycles. The lowest BCUT2D eigenvalue weighted by Crippen LogP contribution is -2.44. The van der Waals surface area contributed by atoms with Gasteiger partial charge in [0.25, 0.3) is 5.91 Å². The maximum Gasteiger partial charge on any atom is 0.257 e. The molecule has 5 rings (SSSR count). The highest BCUT2D eigenvalue weighted by Crippen LogP contribution is 2.26. The molecule has 1 fully saturated rings. The first-order valence-corrected chi connectivity index (χ1v) is 10.9. The van der Waals surface area contributed by atoms with E-state index in [4.69, 9.17) is 0 Å². The van der Waals surface area contributed by atoms with Crippen LogP contribution in [0.4, 0.5) is 11.6 Å². The van der Waals surface area contributed by atoms with Gasteiger partial charge in [0.2, 0.25) is 0 Å². The molecular formula is C22H21N7OS. The summed E-state index contributed by atoms with van der Waals surface area (Å²) in [4.78, 5) is 35.8. The number of aromatic nitrogens is 4. The fraction of sp³-hybridized carbons (Fsp3) is 0.227. The lowest BCUT2D eigenvalue weighted by atomic mass is 10.2. The molecule has 0 unspecified atom stereocenters. The molecule has 1 aliphatic rings. The number of anilines is 2. The van der Waals surface area contributed by atoms with E-state index in [0.29, 0.717) is 11.4 Å². The quantitative estimate of drug-likeness (QED) is 0.531. The molecule has 4 aromatic heterocycles. The number of pyridine rings is 3. The Morgan fingerprint density at radius 1 is 1.03 bits per heavy atom. The molecule has 0 bridgehead atoms. The predicted molar refractivity (Wildman–Crippen MR) is 123 cm³/mol. The molecule has 0 spiro atoms. The Hall–Kier alpha value is -3.43. The lowest BCUT2D eigenvalue weighted by molar-refractivity contribution is 0.102.